The first kappa shape index (κ1) is 16.8. The lowest BCUT2D eigenvalue weighted by Gasteiger charge is -2.33. The van der Waals surface area contributed by atoms with E-state index in [9.17, 15) is 4.79 Å². The van der Waals surface area contributed by atoms with Gasteiger partial charge in [-0.15, -0.1) is 0 Å². The number of piperidine rings is 1. The van der Waals surface area contributed by atoms with Crippen molar-refractivity contribution in [3.05, 3.63) is 28.7 Å². The Morgan fingerprint density at radius 3 is 2.61 bits per heavy atom. The summed E-state index contributed by atoms with van der Waals surface area (Å²) in [6.07, 6.45) is 4.34. The third-order valence-electron chi connectivity index (χ3n) is 4.83. The van der Waals surface area contributed by atoms with E-state index in [0.717, 1.165) is 55.8 Å². The van der Waals surface area contributed by atoms with Gasteiger partial charge in [0, 0.05) is 30.0 Å². The molecule has 2 fully saturated rings. The lowest BCUT2D eigenvalue weighted by molar-refractivity contribution is -0.136. The van der Waals surface area contributed by atoms with E-state index in [1.54, 1.807) is 0 Å². The molecule has 23 heavy (non-hydrogen) atoms. The molecular weight excluding hydrogens is 356 g/mol. The van der Waals surface area contributed by atoms with Crippen molar-refractivity contribution >= 4 is 21.8 Å². The normalized spacial score (nSPS) is 20.0. The van der Waals surface area contributed by atoms with Gasteiger partial charge in [-0.1, -0.05) is 22.0 Å². The first-order valence-corrected chi connectivity index (χ1v) is 9.41. The maximum absolute atomic E-state index is 12.4. The predicted molar refractivity (Wildman–Crippen MR) is 94.6 cm³/mol. The van der Waals surface area contributed by atoms with Crippen molar-refractivity contribution in [3.8, 4) is 5.75 Å². The van der Waals surface area contributed by atoms with Gasteiger partial charge < -0.3 is 9.64 Å². The number of benzene rings is 1. The molecule has 5 heteroatoms. The van der Waals surface area contributed by atoms with Gasteiger partial charge in [0.15, 0.2) is 0 Å². The summed E-state index contributed by atoms with van der Waals surface area (Å²) in [4.78, 5) is 16.9. The molecule has 0 bridgehead atoms. The van der Waals surface area contributed by atoms with Gasteiger partial charge in [-0.2, -0.15) is 0 Å². The first-order chi connectivity index (χ1) is 11.2. The summed E-state index contributed by atoms with van der Waals surface area (Å²) in [5.41, 5.74) is 0. The van der Waals surface area contributed by atoms with Gasteiger partial charge >= 0.3 is 0 Å². The molecule has 2 heterocycles. The highest BCUT2D eigenvalue weighted by molar-refractivity contribution is 9.10. The van der Waals surface area contributed by atoms with E-state index in [1.807, 2.05) is 24.3 Å². The van der Waals surface area contributed by atoms with Crippen LogP contribution in [0.5, 0.6) is 5.75 Å². The molecule has 0 radical (unpaired) electrons. The summed E-state index contributed by atoms with van der Waals surface area (Å²) in [7, 11) is 0. The van der Waals surface area contributed by atoms with E-state index in [4.69, 9.17) is 4.74 Å². The van der Waals surface area contributed by atoms with E-state index in [-0.39, 0.29) is 5.92 Å². The molecule has 2 aliphatic rings. The fraction of sp³-hybridized carbons (Fsp3) is 0.611. The van der Waals surface area contributed by atoms with Crippen molar-refractivity contribution in [1.82, 2.24) is 9.80 Å². The van der Waals surface area contributed by atoms with Crippen LogP contribution in [0.25, 0.3) is 0 Å². The largest absolute Gasteiger partial charge is 0.492 e. The van der Waals surface area contributed by atoms with Gasteiger partial charge in [-0.25, -0.2) is 0 Å². The van der Waals surface area contributed by atoms with Crippen LogP contribution in [0, 0.1) is 5.92 Å². The van der Waals surface area contributed by atoms with Gasteiger partial charge in [0.05, 0.1) is 0 Å². The molecular formula is C18H25BrN2O2. The number of nitrogens with zero attached hydrogens (tertiary/aromatic N) is 2. The Balaban J connectivity index is 1.36. The van der Waals surface area contributed by atoms with Crippen molar-refractivity contribution in [1.29, 1.82) is 0 Å². The van der Waals surface area contributed by atoms with E-state index in [0.29, 0.717) is 12.5 Å². The molecule has 0 atom stereocenters. The minimum atomic E-state index is 0.246. The molecule has 126 valence electrons. The zero-order chi connectivity index (χ0) is 16.1. The van der Waals surface area contributed by atoms with Gasteiger partial charge in [0.25, 0.3) is 0 Å². The van der Waals surface area contributed by atoms with Crippen molar-refractivity contribution in [2.24, 2.45) is 5.92 Å². The molecule has 3 rings (SSSR count). The number of halogens is 1. The topological polar surface area (TPSA) is 32.8 Å². The van der Waals surface area contributed by atoms with Gasteiger partial charge in [0.2, 0.25) is 5.91 Å². The molecule has 0 aliphatic carbocycles. The quantitative estimate of drug-likeness (QED) is 0.786. The second-order valence-corrected chi connectivity index (χ2v) is 7.37. The van der Waals surface area contributed by atoms with Crippen molar-refractivity contribution < 1.29 is 9.53 Å². The highest BCUT2D eigenvalue weighted by Crippen LogP contribution is 2.22. The number of carbonyl (C=O) groups is 1. The first-order valence-electron chi connectivity index (χ1n) is 8.62. The summed E-state index contributed by atoms with van der Waals surface area (Å²) in [6, 6.07) is 7.94. The summed E-state index contributed by atoms with van der Waals surface area (Å²) in [5, 5.41) is 0. The van der Waals surface area contributed by atoms with Crippen molar-refractivity contribution in [2.45, 2.75) is 25.7 Å². The third-order valence-corrected chi connectivity index (χ3v) is 5.32. The number of carbonyl (C=O) groups excluding carboxylic acids is 1. The lowest BCUT2D eigenvalue weighted by atomic mass is 9.95. The van der Waals surface area contributed by atoms with Crippen LogP contribution >= 0.6 is 15.9 Å². The Kier molecular flexibility index (Phi) is 5.95. The molecule has 0 unspecified atom stereocenters. The number of rotatable bonds is 5. The molecule has 1 aromatic rings. The Morgan fingerprint density at radius 1 is 1.17 bits per heavy atom. The standard InChI is InChI=1S/C18H25BrN2O2/c19-16-4-3-5-17(14-16)23-13-12-20-10-6-15(7-11-20)18(22)21-8-1-2-9-21/h3-5,14-15H,1-2,6-13H2. The minimum absolute atomic E-state index is 0.246. The maximum atomic E-state index is 12.4. The number of likely N-dealkylation sites (tertiary alicyclic amines) is 2. The molecule has 0 N–H and O–H groups in total. The van der Waals surface area contributed by atoms with Gasteiger partial charge in [-0.3, -0.25) is 9.69 Å². The fourth-order valence-electron chi connectivity index (χ4n) is 3.45. The number of amides is 1. The second-order valence-electron chi connectivity index (χ2n) is 6.45. The smallest absolute Gasteiger partial charge is 0.225 e. The third kappa shape index (κ3) is 4.70. The van der Waals surface area contributed by atoms with Crippen LogP contribution in [0.4, 0.5) is 0 Å². The van der Waals surface area contributed by atoms with E-state index in [2.05, 4.69) is 25.7 Å². The van der Waals surface area contributed by atoms with Crippen LogP contribution in [0.3, 0.4) is 0 Å². The van der Waals surface area contributed by atoms with E-state index in [1.165, 1.54) is 12.8 Å². The molecule has 0 saturated carbocycles. The average molecular weight is 381 g/mol. The Hall–Kier alpha value is -1.07. The van der Waals surface area contributed by atoms with Crippen molar-refractivity contribution in [3.63, 3.8) is 0 Å². The summed E-state index contributed by atoms with van der Waals surface area (Å²) >= 11 is 3.45. The highest BCUT2D eigenvalue weighted by atomic mass is 79.9. The van der Waals surface area contributed by atoms with E-state index < -0.39 is 0 Å². The fourth-order valence-corrected chi connectivity index (χ4v) is 3.83. The molecule has 1 aromatic carbocycles. The predicted octanol–water partition coefficient (Wildman–Crippen LogP) is 3.16. The summed E-state index contributed by atoms with van der Waals surface area (Å²) < 4.78 is 6.84. The Bertz CT molecular complexity index is 524. The lowest BCUT2D eigenvalue weighted by Crippen LogP contribution is -2.42. The second kappa shape index (κ2) is 8.15. The summed E-state index contributed by atoms with van der Waals surface area (Å²) in [6.45, 7) is 5.58. The zero-order valence-corrected chi connectivity index (χ0v) is 15.1. The number of hydrogen-bond donors (Lipinski definition) is 0. The van der Waals surface area contributed by atoms with Crippen LogP contribution in [-0.4, -0.2) is 55.0 Å². The number of ether oxygens (including phenoxy) is 1. The van der Waals surface area contributed by atoms with Crippen LogP contribution in [0.15, 0.2) is 28.7 Å². The molecule has 1 amide bonds. The highest BCUT2D eigenvalue weighted by Gasteiger charge is 2.29. The van der Waals surface area contributed by atoms with Crippen molar-refractivity contribution in [2.75, 3.05) is 39.3 Å². The molecule has 2 saturated heterocycles. The maximum Gasteiger partial charge on any atom is 0.225 e. The molecule has 0 aromatic heterocycles. The van der Waals surface area contributed by atoms with Crippen LogP contribution in [-0.2, 0) is 4.79 Å². The average Bonchev–Trinajstić information content (AvgIpc) is 3.09. The van der Waals surface area contributed by atoms with Crippen LogP contribution in [0.2, 0.25) is 0 Å². The monoisotopic (exact) mass is 380 g/mol. The van der Waals surface area contributed by atoms with Crippen LogP contribution in [0.1, 0.15) is 25.7 Å². The zero-order valence-electron chi connectivity index (χ0n) is 13.5. The molecule has 2 aliphatic heterocycles. The minimum Gasteiger partial charge on any atom is -0.492 e. The van der Waals surface area contributed by atoms with E-state index >= 15 is 0 Å². The Morgan fingerprint density at radius 2 is 1.91 bits per heavy atom. The number of hydrogen-bond acceptors (Lipinski definition) is 3. The Labute approximate surface area is 146 Å². The molecule has 0 spiro atoms. The van der Waals surface area contributed by atoms with Crippen LogP contribution < -0.4 is 4.74 Å². The van der Waals surface area contributed by atoms with Gasteiger partial charge in [-0.05, 0) is 57.0 Å². The SMILES string of the molecule is O=C(C1CCN(CCOc2cccc(Br)c2)CC1)N1CCCC1. The summed E-state index contributed by atoms with van der Waals surface area (Å²) in [5.74, 6) is 1.54. The molecule has 4 nitrogen and oxygen atoms in total. The van der Waals surface area contributed by atoms with Gasteiger partial charge in [0.1, 0.15) is 12.4 Å².